The highest BCUT2D eigenvalue weighted by molar-refractivity contribution is 5.99. The quantitative estimate of drug-likeness (QED) is 0.559. The number of ether oxygens (including phenoxy) is 6. The fraction of sp³-hybridized carbons (Fsp3) is 0.407. The first-order valence-electron chi connectivity index (χ1n) is 11.9. The standard InChI is InChI=1S/C27H32N2O8/c1-32-21-13-18-12-17(6-11-37-20(18)16-22(21)33-2)26(30)28-7-9-29(10-8-28)27(31)19-14-23(34-3)25(36-5)24(15-19)35-4/h12-16H,6-11H2,1-5H3. The van der Waals surface area contributed by atoms with Crippen LogP contribution >= 0.6 is 0 Å². The molecule has 198 valence electrons. The minimum absolute atomic E-state index is 0.0638. The Bertz CT molecular complexity index is 1180. The normalized spacial score (nSPS) is 15.0. The fourth-order valence-corrected chi connectivity index (χ4v) is 4.52. The summed E-state index contributed by atoms with van der Waals surface area (Å²) in [4.78, 5) is 30.1. The Balaban J connectivity index is 1.47. The van der Waals surface area contributed by atoms with E-state index in [0.717, 1.165) is 5.56 Å². The van der Waals surface area contributed by atoms with E-state index in [4.69, 9.17) is 28.4 Å². The summed E-state index contributed by atoms with van der Waals surface area (Å²) >= 11 is 0. The molecule has 0 atom stereocenters. The number of carbonyl (C=O) groups is 2. The van der Waals surface area contributed by atoms with Crippen molar-refractivity contribution in [1.82, 2.24) is 9.80 Å². The third kappa shape index (κ3) is 5.23. The minimum atomic E-state index is -0.164. The van der Waals surface area contributed by atoms with Crippen LogP contribution < -0.4 is 28.4 Å². The topological polar surface area (TPSA) is 96.0 Å². The number of hydrogen-bond acceptors (Lipinski definition) is 8. The molecule has 0 unspecified atom stereocenters. The average Bonchev–Trinajstić information content (AvgIpc) is 3.16. The Morgan fingerprint density at radius 3 is 1.78 bits per heavy atom. The van der Waals surface area contributed by atoms with Crippen molar-refractivity contribution in [1.29, 1.82) is 0 Å². The summed E-state index contributed by atoms with van der Waals surface area (Å²) in [6, 6.07) is 6.85. The van der Waals surface area contributed by atoms with Crippen LogP contribution in [0.3, 0.4) is 0 Å². The maximum Gasteiger partial charge on any atom is 0.254 e. The maximum atomic E-state index is 13.4. The van der Waals surface area contributed by atoms with E-state index >= 15 is 0 Å². The lowest BCUT2D eigenvalue weighted by atomic mass is 10.1. The molecule has 0 aromatic heterocycles. The zero-order valence-electron chi connectivity index (χ0n) is 21.8. The van der Waals surface area contributed by atoms with E-state index in [1.165, 1.54) is 21.3 Å². The first-order chi connectivity index (χ1) is 17.9. The first kappa shape index (κ1) is 26.0. The van der Waals surface area contributed by atoms with E-state index in [-0.39, 0.29) is 11.8 Å². The van der Waals surface area contributed by atoms with Gasteiger partial charge in [-0.25, -0.2) is 0 Å². The molecule has 0 spiro atoms. The molecule has 1 fully saturated rings. The molecule has 2 amide bonds. The molecule has 0 radical (unpaired) electrons. The Labute approximate surface area is 216 Å². The Kier molecular flexibility index (Phi) is 7.95. The third-order valence-corrected chi connectivity index (χ3v) is 6.52. The lowest BCUT2D eigenvalue weighted by Gasteiger charge is -2.35. The van der Waals surface area contributed by atoms with Crippen LogP contribution in [-0.4, -0.2) is 89.9 Å². The van der Waals surface area contributed by atoms with E-state index in [1.807, 2.05) is 6.08 Å². The molecule has 2 aliphatic heterocycles. The number of benzene rings is 2. The van der Waals surface area contributed by atoms with Gasteiger partial charge in [0.25, 0.3) is 5.91 Å². The van der Waals surface area contributed by atoms with Crippen molar-refractivity contribution in [2.45, 2.75) is 6.42 Å². The SMILES string of the molecule is COc1cc2c(cc1OC)OCCC(C(=O)N1CCN(C(=O)c3cc(OC)c(OC)c(OC)c3)CC1)=C2. The Morgan fingerprint density at radius 1 is 0.703 bits per heavy atom. The maximum absolute atomic E-state index is 13.4. The molecule has 37 heavy (non-hydrogen) atoms. The van der Waals surface area contributed by atoms with Crippen molar-refractivity contribution >= 4 is 17.9 Å². The van der Waals surface area contributed by atoms with E-state index in [2.05, 4.69) is 0 Å². The number of piperazine rings is 1. The van der Waals surface area contributed by atoms with Crippen LogP contribution in [0.4, 0.5) is 0 Å². The fourth-order valence-electron chi connectivity index (χ4n) is 4.52. The van der Waals surface area contributed by atoms with E-state index < -0.39 is 0 Å². The highest BCUT2D eigenvalue weighted by Crippen LogP contribution is 2.39. The van der Waals surface area contributed by atoms with Crippen molar-refractivity contribution in [3.05, 3.63) is 41.0 Å². The number of rotatable bonds is 7. The lowest BCUT2D eigenvalue weighted by molar-refractivity contribution is -0.128. The second kappa shape index (κ2) is 11.3. The summed E-state index contributed by atoms with van der Waals surface area (Å²) in [5.74, 6) is 2.80. The monoisotopic (exact) mass is 512 g/mol. The van der Waals surface area contributed by atoms with E-state index in [9.17, 15) is 9.59 Å². The largest absolute Gasteiger partial charge is 0.493 e. The van der Waals surface area contributed by atoms with Gasteiger partial charge in [0.1, 0.15) is 5.75 Å². The molecule has 0 bridgehead atoms. The Morgan fingerprint density at radius 2 is 1.24 bits per heavy atom. The number of amides is 2. The molecule has 0 N–H and O–H groups in total. The van der Waals surface area contributed by atoms with Crippen LogP contribution in [0.1, 0.15) is 22.3 Å². The van der Waals surface area contributed by atoms with Gasteiger partial charge in [-0.2, -0.15) is 0 Å². The second-order valence-corrected chi connectivity index (χ2v) is 8.51. The molecule has 2 aliphatic rings. The van der Waals surface area contributed by atoms with Crippen molar-refractivity contribution in [3.63, 3.8) is 0 Å². The van der Waals surface area contributed by atoms with Crippen LogP contribution in [-0.2, 0) is 4.79 Å². The lowest BCUT2D eigenvalue weighted by Crippen LogP contribution is -2.51. The highest BCUT2D eigenvalue weighted by Gasteiger charge is 2.29. The summed E-state index contributed by atoms with van der Waals surface area (Å²) in [6.07, 6.45) is 2.32. The summed E-state index contributed by atoms with van der Waals surface area (Å²) in [7, 11) is 7.66. The molecule has 2 aromatic rings. The van der Waals surface area contributed by atoms with Gasteiger partial charge in [-0.05, 0) is 24.3 Å². The van der Waals surface area contributed by atoms with Gasteiger partial charge >= 0.3 is 0 Å². The molecule has 0 aliphatic carbocycles. The van der Waals surface area contributed by atoms with Crippen molar-refractivity contribution in [2.75, 3.05) is 68.3 Å². The molecular formula is C27H32N2O8. The van der Waals surface area contributed by atoms with Crippen LogP contribution in [0.15, 0.2) is 29.8 Å². The molecule has 0 saturated carbocycles. The first-order valence-corrected chi connectivity index (χ1v) is 11.9. The van der Waals surface area contributed by atoms with Crippen molar-refractivity contribution in [2.24, 2.45) is 0 Å². The number of hydrogen-bond donors (Lipinski definition) is 0. The van der Waals surface area contributed by atoms with Gasteiger partial charge in [-0.3, -0.25) is 9.59 Å². The number of nitrogens with zero attached hydrogens (tertiary/aromatic N) is 2. The number of fused-ring (bicyclic) bond motifs is 1. The van der Waals surface area contributed by atoms with Gasteiger partial charge < -0.3 is 38.2 Å². The zero-order chi connectivity index (χ0) is 26.5. The van der Waals surface area contributed by atoms with Crippen molar-refractivity contribution < 1.29 is 38.0 Å². The van der Waals surface area contributed by atoms with Gasteiger partial charge in [0, 0.05) is 55.4 Å². The minimum Gasteiger partial charge on any atom is -0.493 e. The predicted molar refractivity (Wildman–Crippen MR) is 136 cm³/mol. The second-order valence-electron chi connectivity index (χ2n) is 8.51. The van der Waals surface area contributed by atoms with Gasteiger partial charge in [-0.15, -0.1) is 0 Å². The molecule has 2 aromatic carbocycles. The van der Waals surface area contributed by atoms with Crippen LogP contribution in [0, 0.1) is 0 Å². The number of methoxy groups -OCH3 is 5. The molecule has 10 nitrogen and oxygen atoms in total. The Hall–Kier alpha value is -4.08. The van der Waals surface area contributed by atoms with Gasteiger partial charge in [0.15, 0.2) is 23.0 Å². The van der Waals surface area contributed by atoms with Crippen LogP contribution in [0.25, 0.3) is 6.08 Å². The smallest absolute Gasteiger partial charge is 0.254 e. The summed E-state index contributed by atoms with van der Waals surface area (Å²) in [5.41, 5.74) is 1.84. The number of carbonyl (C=O) groups excluding carboxylic acids is 2. The summed E-state index contributed by atoms with van der Waals surface area (Å²) in [5, 5.41) is 0. The third-order valence-electron chi connectivity index (χ3n) is 6.52. The molecule has 4 rings (SSSR count). The summed E-state index contributed by atoms with van der Waals surface area (Å²) in [6.45, 7) is 2.04. The van der Waals surface area contributed by atoms with Gasteiger partial charge in [-0.1, -0.05) is 0 Å². The van der Waals surface area contributed by atoms with Crippen LogP contribution in [0.5, 0.6) is 34.5 Å². The molecular weight excluding hydrogens is 480 g/mol. The van der Waals surface area contributed by atoms with Gasteiger partial charge in [0.2, 0.25) is 11.7 Å². The average molecular weight is 513 g/mol. The van der Waals surface area contributed by atoms with Gasteiger partial charge in [0.05, 0.1) is 42.2 Å². The molecule has 1 saturated heterocycles. The van der Waals surface area contributed by atoms with E-state index in [0.29, 0.717) is 84.8 Å². The zero-order valence-corrected chi connectivity index (χ0v) is 21.8. The highest BCUT2D eigenvalue weighted by atomic mass is 16.5. The van der Waals surface area contributed by atoms with Crippen molar-refractivity contribution in [3.8, 4) is 34.5 Å². The van der Waals surface area contributed by atoms with E-state index in [1.54, 1.807) is 48.3 Å². The predicted octanol–water partition coefficient (Wildman–Crippen LogP) is 2.88. The molecule has 2 heterocycles. The van der Waals surface area contributed by atoms with Crippen LogP contribution in [0.2, 0.25) is 0 Å². The summed E-state index contributed by atoms with van der Waals surface area (Å²) < 4.78 is 32.7. The molecule has 10 heteroatoms.